The van der Waals surface area contributed by atoms with Gasteiger partial charge in [0, 0.05) is 30.2 Å². The number of nitrogens with one attached hydrogen (secondary N) is 1. The number of rotatable bonds is 5. The van der Waals surface area contributed by atoms with Crippen molar-refractivity contribution in [2.24, 2.45) is 0 Å². The normalized spacial score (nSPS) is 29.0. The summed E-state index contributed by atoms with van der Waals surface area (Å²) in [6.45, 7) is 4.25. The van der Waals surface area contributed by atoms with Crippen LogP contribution in [0.25, 0.3) is 0 Å². The molecule has 2 aliphatic rings. The Bertz CT molecular complexity index is 436. The van der Waals surface area contributed by atoms with Crippen LogP contribution in [0.5, 0.6) is 5.75 Å². The summed E-state index contributed by atoms with van der Waals surface area (Å²) in [4.78, 5) is 2.58. The van der Waals surface area contributed by atoms with Gasteiger partial charge in [-0.1, -0.05) is 25.1 Å². The number of para-hydroxylation sites is 1. The largest absolute Gasteiger partial charge is 0.508 e. The average Bonchev–Trinajstić information content (AvgIpc) is 2.79. The van der Waals surface area contributed by atoms with Gasteiger partial charge in [-0.05, 0) is 44.7 Å². The first-order chi connectivity index (χ1) is 9.76. The van der Waals surface area contributed by atoms with Crippen molar-refractivity contribution in [1.82, 2.24) is 10.2 Å². The van der Waals surface area contributed by atoms with Crippen LogP contribution in [0.3, 0.4) is 0 Å². The third-order valence-corrected chi connectivity index (χ3v) is 4.84. The second-order valence-corrected chi connectivity index (χ2v) is 6.36. The summed E-state index contributed by atoms with van der Waals surface area (Å²) in [5, 5.41) is 13.7. The summed E-state index contributed by atoms with van der Waals surface area (Å²) in [6, 6.07) is 9.89. The molecule has 2 saturated heterocycles. The number of phenolic OH excluding ortho intramolecular Hbond substituents is 1. The van der Waals surface area contributed by atoms with Crippen molar-refractivity contribution in [2.45, 2.75) is 63.7 Å². The van der Waals surface area contributed by atoms with Crippen LogP contribution in [0, 0.1) is 0 Å². The summed E-state index contributed by atoms with van der Waals surface area (Å²) < 4.78 is 0. The molecule has 2 fully saturated rings. The monoisotopic (exact) mass is 274 g/mol. The van der Waals surface area contributed by atoms with Crippen molar-refractivity contribution >= 4 is 0 Å². The Morgan fingerprint density at radius 2 is 1.90 bits per heavy atom. The van der Waals surface area contributed by atoms with Crippen LogP contribution in [0.4, 0.5) is 0 Å². The standard InChI is InChI=1S/C17H26N2O/c1-2-9-19(12-13-5-3-4-6-17(13)20)16-10-14-7-8-15(11-16)18-14/h3-6,14-16,18,20H,2,7-12H2,1H3. The molecule has 3 rings (SSSR count). The Morgan fingerprint density at radius 3 is 2.55 bits per heavy atom. The molecule has 0 radical (unpaired) electrons. The van der Waals surface area contributed by atoms with Gasteiger partial charge in [0.25, 0.3) is 0 Å². The molecular weight excluding hydrogens is 248 g/mol. The Morgan fingerprint density at radius 1 is 1.20 bits per heavy atom. The van der Waals surface area contributed by atoms with E-state index in [2.05, 4.69) is 17.1 Å². The van der Waals surface area contributed by atoms with Gasteiger partial charge in [0.05, 0.1) is 0 Å². The Hall–Kier alpha value is -1.06. The highest BCUT2D eigenvalue weighted by molar-refractivity contribution is 5.31. The molecule has 0 aromatic heterocycles. The lowest BCUT2D eigenvalue weighted by Crippen LogP contribution is -2.48. The topological polar surface area (TPSA) is 35.5 Å². The van der Waals surface area contributed by atoms with E-state index in [1.165, 1.54) is 32.1 Å². The van der Waals surface area contributed by atoms with E-state index in [0.717, 1.165) is 30.7 Å². The maximum atomic E-state index is 10.0. The first-order valence-electron chi connectivity index (χ1n) is 8.03. The maximum absolute atomic E-state index is 10.0. The highest BCUT2D eigenvalue weighted by atomic mass is 16.3. The summed E-state index contributed by atoms with van der Waals surface area (Å²) >= 11 is 0. The Labute approximate surface area is 122 Å². The lowest BCUT2D eigenvalue weighted by atomic mass is 9.97. The fraction of sp³-hybridized carbons (Fsp3) is 0.647. The van der Waals surface area contributed by atoms with E-state index in [9.17, 15) is 5.11 Å². The van der Waals surface area contributed by atoms with Gasteiger partial charge in [-0.25, -0.2) is 0 Å². The fourth-order valence-electron chi connectivity index (χ4n) is 3.87. The molecule has 2 atom stereocenters. The van der Waals surface area contributed by atoms with Crippen molar-refractivity contribution < 1.29 is 5.11 Å². The minimum Gasteiger partial charge on any atom is -0.508 e. The zero-order valence-electron chi connectivity index (χ0n) is 12.4. The van der Waals surface area contributed by atoms with Crippen LogP contribution >= 0.6 is 0 Å². The number of phenols is 1. The molecular formula is C17H26N2O. The van der Waals surface area contributed by atoms with Crippen molar-refractivity contribution in [3.8, 4) is 5.75 Å². The molecule has 0 amide bonds. The molecule has 1 aromatic carbocycles. The van der Waals surface area contributed by atoms with Gasteiger partial charge in [0.15, 0.2) is 0 Å². The van der Waals surface area contributed by atoms with E-state index in [-0.39, 0.29) is 0 Å². The number of aromatic hydroxyl groups is 1. The molecule has 3 heteroatoms. The number of hydrogen-bond donors (Lipinski definition) is 2. The van der Waals surface area contributed by atoms with Crippen LogP contribution in [0.15, 0.2) is 24.3 Å². The predicted octanol–water partition coefficient (Wildman–Crippen LogP) is 2.89. The number of benzene rings is 1. The smallest absolute Gasteiger partial charge is 0.120 e. The summed E-state index contributed by atoms with van der Waals surface area (Å²) in [7, 11) is 0. The lowest BCUT2D eigenvalue weighted by molar-refractivity contribution is 0.133. The van der Waals surface area contributed by atoms with Crippen molar-refractivity contribution in [3.63, 3.8) is 0 Å². The zero-order chi connectivity index (χ0) is 13.9. The number of hydrogen-bond acceptors (Lipinski definition) is 3. The minimum absolute atomic E-state index is 0.436. The van der Waals surface area contributed by atoms with Crippen LogP contribution in [-0.2, 0) is 6.54 Å². The summed E-state index contributed by atoms with van der Waals surface area (Å²) in [5.41, 5.74) is 1.06. The molecule has 0 aliphatic carbocycles. The van der Waals surface area contributed by atoms with E-state index in [1.807, 2.05) is 18.2 Å². The van der Waals surface area contributed by atoms with Gasteiger partial charge >= 0.3 is 0 Å². The molecule has 1 aromatic rings. The Kier molecular flexibility index (Phi) is 4.27. The van der Waals surface area contributed by atoms with Gasteiger partial charge in [-0.15, -0.1) is 0 Å². The van der Waals surface area contributed by atoms with Crippen LogP contribution in [0.1, 0.15) is 44.6 Å². The highest BCUT2D eigenvalue weighted by Gasteiger charge is 2.35. The van der Waals surface area contributed by atoms with Gasteiger partial charge in [0.2, 0.25) is 0 Å². The Balaban J connectivity index is 1.70. The molecule has 110 valence electrons. The second-order valence-electron chi connectivity index (χ2n) is 6.36. The highest BCUT2D eigenvalue weighted by Crippen LogP contribution is 2.31. The molecule has 2 aliphatic heterocycles. The van der Waals surface area contributed by atoms with E-state index in [4.69, 9.17) is 0 Å². The summed E-state index contributed by atoms with van der Waals surface area (Å²) in [6.07, 6.45) is 6.40. The van der Waals surface area contributed by atoms with E-state index >= 15 is 0 Å². The summed E-state index contributed by atoms with van der Waals surface area (Å²) in [5.74, 6) is 0.436. The van der Waals surface area contributed by atoms with Gasteiger partial charge in [-0.3, -0.25) is 4.90 Å². The SMILES string of the molecule is CCCN(Cc1ccccc1O)C1CC2CCC(C1)N2. The number of nitrogens with zero attached hydrogens (tertiary/aromatic N) is 1. The minimum atomic E-state index is 0.436. The average molecular weight is 274 g/mol. The van der Waals surface area contributed by atoms with E-state index < -0.39 is 0 Å². The third-order valence-electron chi connectivity index (χ3n) is 4.84. The molecule has 0 spiro atoms. The number of piperidine rings is 1. The van der Waals surface area contributed by atoms with Crippen LogP contribution in [0.2, 0.25) is 0 Å². The van der Waals surface area contributed by atoms with Gasteiger partial charge in [-0.2, -0.15) is 0 Å². The van der Waals surface area contributed by atoms with E-state index in [1.54, 1.807) is 6.07 Å². The van der Waals surface area contributed by atoms with Crippen LogP contribution in [-0.4, -0.2) is 34.7 Å². The molecule has 2 N–H and O–H groups in total. The molecule has 0 saturated carbocycles. The first kappa shape index (κ1) is 13.9. The van der Waals surface area contributed by atoms with Crippen LogP contribution < -0.4 is 5.32 Å². The number of fused-ring (bicyclic) bond motifs is 2. The molecule has 3 nitrogen and oxygen atoms in total. The van der Waals surface area contributed by atoms with Crippen molar-refractivity contribution in [3.05, 3.63) is 29.8 Å². The fourth-order valence-corrected chi connectivity index (χ4v) is 3.87. The zero-order valence-corrected chi connectivity index (χ0v) is 12.4. The molecule has 2 unspecified atom stereocenters. The molecule has 2 heterocycles. The lowest BCUT2D eigenvalue weighted by Gasteiger charge is -2.38. The third kappa shape index (κ3) is 2.99. The van der Waals surface area contributed by atoms with Gasteiger partial charge < -0.3 is 10.4 Å². The quantitative estimate of drug-likeness (QED) is 0.866. The second kappa shape index (κ2) is 6.15. The van der Waals surface area contributed by atoms with E-state index in [0.29, 0.717) is 11.8 Å². The maximum Gasteiger partial charge on any atom is 0.120 e. The van der Waals surface area contributed by atoms with Crippen molar-refractivity contribution in [2.75, 3.05) is 6.54 Å². The first-order valence-corrected chi connectivity index (χ1v) is 8.03. The predicted molar refractivity (Wildman–Crippen MR) is 81.8 cm³/mol. The molecule has 2 bridgehead atoms. The van der Waals surface area contributed by atoms with Crippen molar-refractivity contribution in [1.29, 1.82) is 0 Å². The molecule has 20 heavy (non-hydrogen) atoms. The van der Waals surface area contributed by atoms with Gasteiger partial charge in [0.1, 0.15) is 5.75 Å².